The van der Waals surface area contributed by atoms with Gasteiger partial charge in [0.25, 0.3) is 5.95 Å². The molecule has 10 heteroatoms. The summed E-state index contributed by atoms with van der Waals surface area (Å²) in [6, 6.07) is 9.10. The summed E-state index contributed by atoms with van der Waals surface area (Å²) in [6.45, 7) is 3.88. The first-order valence-corrected chi connectivity index (χ1v) is 13.7. The first kappa shape index (κ1) is 23.6. The van der Waals surface area contributed by atoms with E-state index in [4.69, 9.17) is 26.3 Å². The standard InChI is InChI=1S/C28H30ClN7O2/c1-15-8-16(2)36(33-15)27-31-25-23(30-14-34(25)3)26(32-27)35(22-6-4-21(29)5-7-22)28(37)38-24-19-10-17-9-18(12-19)13-20(24)11-17/h4-8,14,17-20,24H,9-13H2,1-3H3/t17-,18+,19-,20?,24-/m1/s1. The molecule has 4 aliphatic carbocycles. The van der Waals surface area contributed by atoms with E-state index in [0.717, 1.165) is 48.9 Å². The van der Waals surface area contributed by atoms with Crippen LogP contribution in [0.25, 0.3) is 17.1 Å². The molecule has 0 saturated heterocycles. The summed E-state index contributed by atoms with van der Waals surface area (Å²) < 4.78 is 9.90. The molecule has 4 saturated carbocycles. The van der Waals surface area contributed by atoms with Crippen LogP contribution in [0, 0.1) is 37.5 Å². The average molecular weight is 532 g/mol. The van der Waals surface area contributed by atoms with Crippen LogP contribution in [0.1, 0.15) is 43.5 Å². The number of nitrogens with zero attached hydrogens (tertiary/aromatic N) is 7. The average Bonchev–Trinajstić information content (AvgIpc) is 3.43. The van der Waals surface area contributed by atoms with Gasteiger partial charge < -0.3 is 9.30 Å². The number of benzene rings is 1. The van der Waals surface area contributed by atoms with Gasteiger partial charge in [0.15, 0.2) is 17.0 Å². The van der Waals surface area contributed by atoms with Gasteiger partial charge in [-0.15, -0.1) is 0 Å². The summed E-state index contributed by atoms with van der Waals surface area (Å²) in [4.78, 5) is 29.9. The maximum Gasteiger partial charge on any atom is 0.420 e. The largest absolute Gasteiger partial charge is 0.445 e. The molecule has 8 rings (SSSR count). The van der Waals surface area contributed by atoms with Gasteiger partial charge in [0.1, 0.15) is 6.10 Å². The fraction of sp³-hybridized carbons (Fsp3) is 0.464. The van der Waals surface area contributed by atoms with Gasteiger partial charge in [-0.3, -0.25) is 0 Å². The molecule has 4 aliphatic rings. The number of fused-ring (bicyclic) bond motifs is 1. The van der Waals surface area contributed by atoms with Crippen molar-refractivity contribution >= 4 is 40.4 Å². The summed E-state index contributed by atoms with van der Waals surface area (Å²) in [5.74, 6) is 3.18. The number of imidazole rings is 1. The van der Waals surface area contributed by atoms with Crippen LogP contribution in [0.15, 0.2) is 36.7 Å². The lowest BCUT2D eigenvalue weighted by atomic mass is 9.55. The second-order valence-corrected chi connectivity index (χ2v) is 11.7. The SMILES string of the molecule is Cc1cc(C)n(-c2nc(N(C(=O)O[C@H]3C4C[C@@H]5C[C@H](C4)C[C@H]3C5)c3ccc(Cl)cc3)c3ncn(C)c3n2)n1. The summed E-state index contributed by atoms with van der Waals surface area (Å²) in [7, 11) is 1.87. The number of ether oxygens (including phenoxy) is 1. The highest BCUT2D eigenvalue weighted by molar-refractivity contribution is 6.30. The monoisotopic (exact) mass is 531 g/mol. The number of rotatable bonds is 4. The minimum atomic E-state index is -0.449. The number of anilines is 2. The molecule has 0 N–H and O–H groups in total. The van der Waals surface area contributed by atoms with Gasteiger partial charge in [-0.1, -0.05) is 11.6 Å². The first-order valence-electron chi connectivity index (χ1n) is 13.3. The van der Waals surface area contributed by atoms with Crippen LogP contribution in [0.3, 0.4) is 0 Å². The van der Waals surface area contributed by atoms with E-state index >= 15 is 0 Å². The molecular formula is C28H30ClN7O2. The van der Waals surface area contributed by atoms with Gasteiger partial charge in [-0.25, -0.2) is 19.4 Å². The number of aryl methyl sites for hydroxylation is 3. The van der Waals surface area contributed by atoms with Crippen molar-refractivity contribution in [1.82, 2.24) is 29.3 Å². The van der Waals surface area contributed by atoms with Crippen molar-refractivity contribution in [1.29, 1.82) is 0 Å². The Morgan fingerprint density at radius 1 is 1.03 bits per heavy atom. The minimum absolute atomic E-state index is 0.0679. The highest BCUT2D eigenvalue weighted by Gasteiger charge is 2.50. The van der Waals surface area contributed by atoms with Crippen molar-refractivity contribution in [2.75, 3.05) is 4.90 Å². The zero-order valence-electron chi connectivity index (χ0n) is 21.7. The molecule has 196 valence electrons. The molecule has 3 aromatic heterocycles. The van der Waals surface area contributed by atoms with E-state index in [1.54, 1.807) is 35.3 Å². The van der Waals surface area contributed by atoms with Gasteiger partial charge in [0.2, 0.25) is 0 Å². The Morgan fingerprint density at radius 2 is 1.71 bits per heavy atom. The highest BCUT2D eigenvalue weighted by atomic mass is 35.5. The predicted octanol–water partition coefficient (Wildman–Crippen LogP) is 5.92. The Bertz CT molecular complexity index is 1510. The zero-order chi connectivity index (χ0) is 26.1. The highest BCUT2D eigenvalue weighted by Crippen LogP contribution is 2.55. The van der Waals surface area contributed by atoms with Crippen LogP contribution >= 0.6 is 11.6 Å². The molecule has 0 unspecified atom stereocenters. The number of hydrogen-bond donors (Lipinski definition) is 0. The van der Waals surface area contributed by atoms with E-state index in [1.807, 2.05) is 31.5 Å². The molecule has 0 spiro atoms. The molecule has 9 nitrogen and oxygen atoms in total. The zero-order valence-corrected chi connectivity index (χ0v) is 22.5. The molecule has 1 aromatic carbocycles. The molecule has 38 heavy (non-hydrogen) atoms. The summed E-state index contributed by atoms with van der Waals surface area (Å²) >= 11 is 6.22. The van der Waals surface area contributed by atoms with Crippen molar-refractivity contribution in [3.8, 4) is 5.95 Å². The molecule has 0 atom stereocenters. The van der Waals surface area contributed by atoms with E-state index in [2.05, 4.69) is 10.1 Å². The first-order chi connectivity index (χ1) is 18.3. The van der Waals surface area contributed by atoms with Gasteiger partial charge in [0.05, 0.1) is 17.7 Å². The van der Waals surface area contributed by atoms with E-state index in [-0.39, 0.29) is 6.10 Å². The van der Waals surface area contributed by atoms with E-state index < -0.39 is 6.09 Å². The molecule has 4 bridgehead atoms. The number of aromatic nitrogens is 6. The lowest BCUT2D eigenvalue weighted by molar-refractivity contribution is -0.0943. The Kier molecular flexibility index (Phi) is 5.47. The quantitative estimate of drug-likeness (QED) is 0.325. The van der Waals surface area contributed by atoms with E-state index in [0.29, 0.717) is 45.5 Å². The normalized spacial score (nSPS) is 25.7. The van der Waals surface area contributed by atoms with Crippen molar-refractivity contribution in [2.45, 2.75) is 52.1 Å². The van der Waals surface area contributed by atoms with E-state index in [9.17, 15) is 4.79 Å². The van der Waals surface area contributed by atoms with Crippen LogP contribution in [0.2, 0.25) is 5.02 Å². The van der Waals surface area contributed by atoms with Crippen LogP contribution in [0.5, 0.6) is 0 Å². The Morgan fingerprint density at radius 3 is 2.34 bits per heavy atom. The summed E-state index contributed by atoms with van der Waals surface area (Å²) in [6.07, 6.45) is 7.14. The van der Waals surface area contributed by atoms with Gasteiger partial charge in [-0.05, 0) is 100.0 Å². The van der Waals surface area contributed by atoms with E-state index in [1.165, 1.54) is 11.3 Å². The third-order valence-corrected chi connectivity index (χ3v) is 8.84. The number of halogens is 1. The van der Waals surface area contributed by atoms with Gasteiger partial charge in [-0.2, -0.15) is 15.1 Å². The van der Waals surface area contributed by atoms with Gasteiger partial charge in [0, 0.05) is 17.8 Å². The number of carbonyl (C=O) groups excluding carboxylic acids is 1. The Labute approximate surface area is 225 Å². The number of hydrogen-bond acceptors (Lipinski definition) is 6. The molecule has 3 heterocycles. The second-order valence-electron chi connectivity index (χ2n) is 11.3. The maximum absolute atomic E-state index is 14.1. The maximum atomic E-state index is 14.1. The lowest BCUT2D eigenvalue weighted by Gasteiger charge is -2.53. The van der Waals surface area contributed by atoms with Crippen molar-refractivity contribution in [2.24, 2.45) is 30.7 Å². The molecule has 1 amide bonds. The molecular weight excluding hydrogens is 502 g/mol. The molecule has 0 aliphatic heterocycles. The third-order valence-electron chi connectivity index (χ3n) is 8.58. The second kappa shape index (κ2) is 8.80. The molecule has 0 radical (unpaired) electrons. The number of carbonyl (C=O) groups is 1. The summed E-state index contributed by atoms with van der Waals surface area (Å²) in [5, 5.41) is 5.16. The third kappa shape index (κ3) is 3.86. The summed E-state index contributed by atoms with van der Waals surface area (Å²) in [5.41, 5.74) is 3.46. The Balaban J connectivity index is 1.34. The lowest BCUT2D eigenvalue weighted by Crippen LogP contribution is -2.51. The smallest absolute Gasteiger partial charge is 0.420 e. The van der Waals surface area contributed by atoms with Crippen LogP contribution in [-0.2, 0) is 11.8 Å². The van der Waals surface area contributed by atoms with Crippen molar-refractivity contribution < 1.29 is 9.53 Å². The van der Waals surface area contributed by atoms with Crippen molar-refractivity contribution in [3.05, 3.63) is 53.1 Å². The fourth-order valence-electron chi connectivity index (χ4n) is 7.20. The molecule has 4 fully saturated rings. The minimum Gasteiger partial charge on any atom is -0.445 e. The van der Waals surface area contributed by atoms with Gasteiger partial charge >= 0.3 is 6.09 Å². The predicted molar refractivity (Wildman–Crippen MR) is 144 cm³/mol. The van der Waals surface area contributed by atoms with Crippen LogP contribution < -0.4 is 4.90 Å². The van der Waals surface area contributed by atoms with Crippen LogP contribution in [-0.4, -0.2) is 41.5 Å². The Hall–Kier alpha value is -3.46. The topological polar surface area (TPSA) is 91.0 Å². The molecule has 4 aromatic rings. The fourth-order valence-corrected chi connectivity index (χ4v) is 7.33. The van der Waals surface area contributed by atoms with Crippen LogP contribution in [0.4, 0.5) is 16.3 Å². The van der Waals surface area contributed by atoms with Crippen molar-refractivity contribution in [3.63, 3.8) is 0 Å². The number of amides is 1.